The summed E-state index contributed by atoms with van der Waals surface area (Å²) >= 11 is 0. The van der Waals surface area contributed by atoms with Crippen LogP contribution in [0.3, 0.4) is 0 Å². The number of nitrogens with zero attached hydrogens (tertiary/aromatic N) is 3. The van der Waals surface area contributed by atoms with Crippen LogP contribution in [0.1, 0.15) is 55.1 Å². The first-order chi connectivity index (χ1) is 9.33. The van der Waals surface area contributed by atoms with Gasteiger partial charge in [-0.15, -0.1) is 17.5 Å². The lowest BCUT2D eigenvalue weighted by molar-refractivity contribution is 0.0932. The van der Waals surface area contributed by atoms with Crippen molar-refractivity contribution in [2.45, 2.75) is 50.6 Å². The molecule has 1 saturated carbocycles. The molecule has 1 amide bonds. The van der Waals surface area contributed by atoms with E-state index in [0.29, 0.717) is 17.8 Å². The van der Waals surface area contributed by atoms with Crippen LogP contribution < -0.4 is 10.6 Å². The molecule has 112 valence electrons. The van der Waals surface area contributed by atoms with E-state index in [2.05, 4.69) is 20.9 Å². The molecule has 2 aliphatic rings. The number of carbonyl (C=O) groups is 1. The molecule has 0 bridgehead atoms. The van der Waals surface area contributed by atoms with Crippen molar-refractivity contribution in [3.05, 3.63) is 11.9 Å². The summed E-state index contributed by atoms with van der Waals surface area (Å²) in [5, 5.41) is 14.5. The minimum Gasteiger partial charge on any atom is -0.348 e. The fraction of sp³-hybridized carbons (Fsp3) is 0.769. The van der Waals surface area contributed by atoms with Crippen LogP contribution in [0.5, 0.6) is 0 Å². The summed E-state index contributed by atoms with van der Waals surface area (Å²) in [7, 11) is 0. The Hall–Kier alpha value is -1.14. The highest BCUT2D eigenvalue weighted by Crippen LogP contribution is 2.19. The standard InChI is InChI=1S/C13H21N5O.ClH/c19-13(15-10-3-1-2-4-10)12-9-18(17-16-12)11-5-7-14-8-6-11;/h9-11,14H,1-8H2,(H,15,19);1H. The molecule has 20 heavy (non-hydrogen) atoms. The molecule has 7 heteroatoms. The molecule has 0 aromatic carbocycles. The average Bonchev–Trinajstić information content (AvgIpc) is 3.10. The molecule has 0 radical (unpaired) electrons. The number of aromatic nitrogens is 3. The van der Waals surface area contributed by atoms with Crippen molar-refractivity contribution in [3.8, 4) is 0 Å². The summed E-state index contributed by atoms with van der Waals surface area (Å²) in [6.45, 7) is 2.02. The minimum absolute atomic E-state index is 0. The van der Waals surface area contributed by atoms with Crippen LogP contribution >= 0.6 is 12.4 Å². The van der Waals surface area contributed by atoms with Gasteiger partial charge in [-0.2, -0.15) is 0 Å². The maximum absolute atomic E-state index is 12.1. The van der Waals surface area contributed by atoms with Gasteiger partial charge in [-0.1, -0.05) is 18.1 Å². The third-order valence-electron chi connectivity index (χ3n) is 4.12. The van der Waals surface area contributed by atoms with Crippen LogP contribution in [0.25, 0.3) is 0 Å². The molecule has 0 unspecified atom stereocenters. The number of hydrogen-bond acceptors (Lipinski definition) is 4. The van der Waals surface area contributed by atoms with E-state index in [9.17, 15) is 4.79 Å². The average molecular weight is 300 g/mol. The molecule has 1 aromatic rings. The van der Waals surface area contributed by atoms with E-state index in [4.69, 9.17) is 0 Å². The highest BCUT2D eigenvalue weighted by molar-refractivity contribution is 5.92. The topological polar surface area (TPSA) is 71.8 Å². The molecule has 2 heterocycles. The maximum atomic E-state index is 12.1. The lowest BCUT2D eigenvalue weighted by atomic mass is 10.1. The smallest absolute Gasteiger partial charge is 0.273 e. The summed E-state index contributed by atoms with van der Waals surface area (Å²) in [5.74, 6) is -0.0768. The van der Waals surface area contributed by atoms with Crippen LogP contribution in [0, 0.1) is 0 Å². The van der Waals surface area contributed by atoms with E-state index in [1.54, 1.807) is 6.20 Å². The molecule has 1 saturated heterocycles. The quantitative estimate of drug-likeness (QED) is 0.882. The summed E-state index contributed by atoms with van der Waals surface area (Å²) in [6.07, 6.45) is 8.50. The highest BCUT2D eigenvalue weighted by Gasteiger charge is 2.21. The third-order valence-corrected chi connectivity index (χ3v) is 4.12. The summed E-state index contributed by atoms with van der Waals surface area (Å²) in [4.78, 5) is 12.1. The third kappa shape index (κ3) is 3.49. The Kier molecular flexibility index (Phi) is 5.37. The lowest BCUT2D eigenvalue weighted by Gasteiger charge is -2.22. The van der Waals surface area contributed by atoms with Gasteiger partial charge in [-0.3, -0.25) is 4.79 Å². The molecule has 0 spiro atoms. The molecule has 6 nitrogen and oxygen atoms in total. The second-order valence-corrected chi connectivity index (χ2v) is 5.52. The minimum atomic E-state index is -0.0768. The van der Waals surface area contributed by atoms with Crippen molar-refractivity contribution in [3.63, 3.8) is 0 Å². The van der Waals surface area contributed by atoms with Gasteiger partial charge in [0.2, 0.25) is 0 Å². The van der Waals surface area contributed by atoms with Gasteiger partial charge in [-0.05, 0) is 38.8 Å². The van der Waals surface area contributed by atoms with Gasteiger partial charge in [0, 0.05) is 6.04 Å². The number of nitrogens with one attached hydrogen (secondary N) is 2. The summed E-state index contributed by atoms with van der Waals surface area (Å²) in [5.41, 5.74) is 0.449. The van der Waals surface area contributed by atoms with Gasteiger partial charge in [0.05, 0.1) is 12.2 Å². The van der Waals surface area contributed by atoms with E-state index >= 15 is 0 Å². The molecular weight excluding hydrogens is 278 g/mol. The van der Waals surface area contributed by atoms with Gasteiger partial charge in [0.25, 0.3) is 5.91 Å². The van der Waals surface area contributed by atoms with Crippen molar-refractivity contribution in [2.24, 2.45) is 0 Å². The Balaban J connectivity index is 0.00000147. The zero-order valence-corrected chi connectivity index (χ0v) is 12.4. The largest absolute Gasteiger partial charge is 0.348 e. The number of halogens is 1. The SMILES string of the molecule is Cl.O=C(NC1CCCC1)c1cn(C2CCNCC2)nn1. The van der Waals surface area contributed by atoms with Gasteiger partial charge < -0.3 is 10.6 Å². The van der Waals surface area contributed by atoms with Crippen molar-refractivity contribution in [2.75, 3.05) is 13.1 Å². The number of piperidine rings is 1. The Morgan fingerprint density at radius 2 is 1.95 bits per heavy atom. The first kappa shape index (κ1) is 15.3. The second kappa shape index (κ2) is 7.04. The van der Waals surface area contributed by atoms with Crippen molar-refractivity contribution in [1.82, 2.24) is 25.6 Å². The molecule has 2 fully saturated rings. The van der Waals surface area contributed by atoms with Crippen LogP contribution in [0.4, 0.5) is 0 Å². The maximum Gasteiger partial charge on any atom is 0.273 e. The number of hydrogen-bond donors (Lipinski definition) is 2. The lowest BCUT2D eigenvalue weighted by Crippen LogP contribution is -2.32. The monoisotopic (exact) mass is 299 g/mol. The number of amides is 1. The number of rotatable bonds is 3. The predicted molar refractivity (Wildman–Crippen MR) is 78.1 cm³/mol. The van der Waals surface area contributed by atoms with E-state index in [-0.39, 0.29) is 18.3 Å². The molecule has 1 aliphatic carbocycles. The van der Waals surface area contributed by atoms with Crippen LogP contribution in [-0.4, -0.2) is 40.0 Å². The molecule has 1 aliphatic heterocycles. The Morgan fingerprint density at radius 1 is 1.25 bits per heavy atom. The van der Waals surface area contributed by atoms with Crippen LogP contribution in [0.15, 0.2) is 6.20 Å². The highest BCUT2D eigenvalue weighted by atomic mass is 35.5. The molecular formula is C13H22ClN5O. The Labute approximate surface area is 125 Å². The van der Waals surface area contributed by atoms with Crippen molar-refractivity contribution >= 4 is 18.3 Å². The van der Waals surface area contributed by atoms with E-state index in [1.807, 2.05) is 4.68 Å². The normalized spacial score (nSPS) is 20.6. The van der Waals surface area contributed by atoms with Crippen molar-refractivity contribution < 1.29 is 4.79 Å². The Morgan fingerprint density at radius 3 is 2.65 bits per heavy atom. The van der Waals surface area contributed by atoms with Crippen molar-refractivity contribution in [1.29, 1.82) is 0 Å². The van der Waals surface area contributed by atoms with E-state index in [0.717, 1.165) is 38.8 Å². The summed E-state index contributed by atoms with van der Waals surface area (Å²) < 4.78 is 1.85. The zero-order valence-electron chi connectivity index (χ0n) is 11.5. The van der Waals surface area contributed by atoms with E-state index < -0.39 is 0 Å². The van der Waals surface area contributed by atoms with Crippen LogP contribution in [0.2, 0.25) is 0 Å². The summed E-state index contributed by atoms with van der Waals surface area (Å²) in [6, 6.07) is 0.707. The molecule has 3 rings (SSSR count). The zero-order chi connectivity index (χ0) is 13.1. The Bertz CT molecular complexity index is 438. The first-order valence-electron chi connectivity index (χ1n) is 7.26. The number of carbonyl (C=O) groups excluding carboxylic acids is 1. The fourth-order valence-electron chi connectivity index (χ4n) is 2.96. The second-order valence-electron chi connectivity index (χ2n) is 5.52. The van der Waals surface area contributed by atoms with Gasteiger partial charge in [-0.25, -0.2) is 4.68 Å². The van der Waals surface area contributed by atoms with Gasteiger partial charge in [0.1, 0.15) is 0 Å². The fourth-order valence-corrected chi connectivity index (χ4v) is 2.96. The molecule has 0 atom stereocenters. The van der Waals surface area contributed by atoms with E-state index in [1.165, 1.54) is 12.8 Å². The molecule has 1 aromatic heterocycles. The first-order valence-corrected chi connectivity index (χ1v) is 7.26. The van der Waals surface area contributed by atoms with Gasteiger partial charge in [0.15, 0.2) is 5.69 Å². The predicted octanol–water partition coefficient (Wildman–Crippen LogP) is 1.30. The molecule has 2 N–H and O–H groups in total. The van der Waals surface area contributed by atoms with Crippen LogP contribution in [-0.2, 0) is 0 Å². The van der Waals surface area contributed by atoms with Gasteiger partial charge >= 0.3 is 0 Å².